The Morgan fingerprint density at radius 2 is 1.96 bits per heavy atom. The van der Waals surface area contributed by atoms with Crippen molar-refractivity contribution in [3.63, 3.8) is 0 Å². The lowest BCUT2D eigenvalue weighted by molar-refractivity contribution is -0.117. The fraction of sp³-hybridized carbons (Fsp3) is 0.438. The third-order valence-electron chi connectivity index (χ3n) is 3.64. The first kappa shape index (κ1) is 23.7. The smallest absolute Gasteiger partial charge is 0.241 e. The number of aryl methyl sites for hydroxylation is 1. The highest BCUT2D eigenvalue weighted by Gasteiger charge is 2.16. The van der Waals surface area contributed by atoms with Gasteiger partial charge in [0.2, 0.25) is 5.91 Å². The summed E-state index contributed by atoms with van der Waals surface area (Å²) >= 11 is 0. The molecule has 1 amide bonds. The lowest BCUT2D eigenvalue weighted by Gasteiger charge is -2.12. The van der Waals surface area contributed by atoms with Crippen LogP contribution in [-0.2, 0) is 21.2 Å². The molecule has 1 unspecified atom stereocenters. The third kappa shape index (κ3) is 6.86. The number of aromatic nitrogens is 1. The van der Waals surface area contributed by atoms with Gasteiger partial charge in [-0.3, -0.25) is 4.79 Å². The number of benzene rings is 1. The van der Waals surface area contributed by atoms with Gasteiger partial charge in [0.15, 0.2) is 0 Å². The number of anilines is 1. The summed E-state index contributed by atoms with van der Waals surface area (Å²) in [7, 11) is -3.12. The van der Waals surface area contributed by atoms with Gasteiger partial charge in [0, 0.05) is 35.6 Å². The molecule has 1 aromatic carbocycles. The minimum atomic E-state index is -3.12. The maximum Gasteiger partial charge on any atom is 0.241 e. The molecule has 0 aliphatic rings. The van der Waals surface area contributed by atoms with E-state index < -0.39 is 15.9 Å². The summed E-state index contributed by atoms with van der Waals surface area (Å²) in [4.78, 5) is 12.0. The number of nitrogens with zero attached hydrogens (tertiary/aromatic N) is 1. The first-order valence-corrected chi connectivity index (χ1v) is 9.69. The van der Waals surface area contributed by atoms with Gasteiger partial charge in [0.25, 0.3) is 0 Å². The first-order chi connectivity index (χ1) is 10.8. The van der Waals surface area contributed by atoms with E-state index in [-0.39, 0.29) is 42.9 Å². The number of carbonyl (C=O) groups is 1. The van der Waals surface area contributed by atoms with Crippen LogP contribution < -0.4 is 11.1 Å². The molecule has 0 aliphatic heterocycles. The Hall–Kier alpha value is -1.28. The fourth-order valence-corrected chi connectivity index (χ4v) is 3.10. The average molecular weight is 410 g/mol. The number of sulfone groups is 1. The topological polar surface area (TPSA) is 94.2 Å². The van der Waals surface area contributed by atoms with Crippen molar-refractivity contribution in [3.05, 3.63) is 30.5 Å². The second-order valence-electron chi connectivity index (χ2n) is 5.80. The highest BCUT2D eigenvalue weighted by molar-refractivity contribution is 7.90. The molecular formula is C16H25Cl2N3O3S. The molecule has 0 saturated carbocycles. The van der Waals surface area contributed by atoms with E-state index in [0.717, 1.165) is 30.1 Å². The molecule has 9 heteroatoms. The van der Waals surface area contributed by atoms with Gasteiger partial charge >= 0.3 is 0 Å². The molecule has 0 radical (unpaired) electrons. The van der Waals surface area contributed by atoms with Crippen LogP contribution in [0.2, 0.25) is 0 Å². The maximum absolute atomic E-state index is 12.0. The zero-order valence-electron chi connectivity index (χ0n) is 14.3. The summed E-state index contributed by atoms with van der Waals surface area (Å²) in [5, 5.41) is 3.79. The van der Waals surface area contributed by atoms with E-state index in [2.05, 4.69) is 16.8 Å². The molecule has 0 aliphatic carbocycles. The normalized spacial score (nSPS) is 12.1. The summed E-state index contributed by atoms with van der Waals surface area (Å²) < 4.78 is 24.4. The van der Waals surface area contributed by atoms with Crippen molar-refractivity contribution in [2.75, 3.05) is 17.3 Å². The molecule has 25 heavy (non-hydrogen) atoms. The molecule has 142 valence electrons. The predicted octanol–water partition coefficient (Wildman–Crippen LogP) is 2.60. The van der Waals surface area contributed by atoms with Crippen LogP contribution in [0.4, 0.5) is 5.69 Å². The van der Waals surface area contributed by atoms with E-state index in [1.54, 1.807) is 0 Å². The molecular weight excluding hydrogens is 385 g/mol. The Bertz CT molecular complexity index is 806. The number of nitrogens with two attached hydrogens (primary N) is 1. The lowest BCUT2D eigenvalue weighted by Crippen LogP contribution is -2.37. The quantitative estimate of drug-likeness (QED) is 0.734. The van der Waals surface area contributed by atoms with Gasteiger partial charge in [-0.15, -0.1) is 24.8 Å². The summed E-state index contributed by atoms with van der Waals surface area (Å²) in [6.45, 7) is 3.07. The van der Waals surface area contributed by atoms with Gasteiger partial charge in [-0.05, 0) is 37.1 Å². The van der Waals surface area contributed by atoms with Gasteiger partial charge < -0.3 is 15.6 Å². The van der Waals surface area contributed by atoms with Crippen molar-refractivity contribution in [1.29, 1.82) is 0 Å². The number of rotatable bonds is 7. The van der Waals surface area contributed by atoms with Gasteiger partial charge in [-0.25, -0.2) is 8.42 Å². The minimum Gasteiger partial charge on any atom is -0.347 e. The molecule has 1 atom stereocenters. The van der Waals surface area contributed by atoms with Crippen LogP contribution in [0.5, 0.6) is 0 Å². The van der Waals surface area contributed by atoms with Crippen molar-refractivity contribution in [2.24, 2.45) is 5.73 Å². The number of amides is 1. The Labute approximate surface area is 160 Å². The Morgan fingerprint density at radius 1 is 1.28 bits per heavy atom. The standard InChI is InChI=1S/C16H23N3O3S.2ClH/c1-3-8-19-9-6-12-11-13(4-5-15(12)19)18-16(20)14(17)7-10-23(2,21)22;;/h4-6,9,11,14H,3,7-8,10,17H2,1-2H3,(H,18,20);2*1H. The number of carbonyl (C=O) groups excluding carboxylic acids is 1. The van der Waals surface area contributed by atoms with E-state index >= 15 is 0 Å². The zero-order chi connectivity index (χ0) is 17.0. The number of fused-ring (bicyclic) bond motifs is 1. The van der Waals surface area contributed by atoms with E-state index in [1.165, 1.54) is 0 Å². The molecule has 6 nitrogen and oxygen atoms in total. The number of hydrogen-bond donors (Lipinski definition) is 2. The van der Waals surface area contributed by atoms with Gasteiger partial charge in [0.05, 0.1) is 11.8 Å². The SMILES string of the molecule is CCCn1ccc2cc(NC(=O)C(N)CCS(C)(=O)=O)ccc21.Cl.Cl. The van der Waals surface area contributed by atoms with Crippen LogP contribution >= 0.6 is 24.8 Å². The molecule has 3 N–H and O–H groups in total. The summed E-state index contributed by atoms with van der Waals surface area (Å²) in [5.74, 6) is -0.471. The Kier molecular flexibility index (Phi) is 9.50. The van der Waals surface area contributed by atoms with E-state index in [1.807, 2.05) is 30.5 Å². The highest BCUT2D eigenvalue weighted by atomic mass is 35.5. The molecule has 0 saturated heterocycles. The second kappa shape index (κ2) is 10.0. The van der Waals surface area contributed by atoms with Crippen LogP contribution in [0.1, 0.15) is 19.8 Å². The largest absolute Gasteiger partial charge is 0.347 e. The van der Waals surface area contributed by atoms with Gasteiger partial charge in [-0.2, -0.15) is 0 Å². The number of halogens is 2. The van der Waals surface area contributed by atoms with Crippen LogP contribution in [0, 0.1) is 0 Å². The molecule has 2 aromatic rings. The van der Waals surface area contributed by atoms with Crippen LogP contribution in [0.25, 0.3) is 10.9 Å². The Balaban J connectivity index is 0.00000288. The molecule has 2 rings (SSSR count). The first-order valence-electron chi connectivity index (χ1n) is 7.63. The number of hydrogen-bond acceptors (Lipinski definition) is 4. The number of nitrogens with one attached hydrogen (secondary N) is 1. The van der Waals surface area contributed by atoms with Gasteiger partial charge in [0.1, 0.15) is 9.84 Å². The van der Waals surface area contributed by atoms with Gasteiger partial charge in [-0.1, -0.05) is 6.92 Å². The molecule has 1 aromatic heterocycles. The summed E-state index contributed by atoms with van der Waals surface area (Å²) in [6, 6.07) is 6.84. The monoisotopic (exact) mass is 409 g/mol. The molecule has 1 heterocycles. The van der Waals surface area contributed by atoms with E-state index in [0.29, 0.717) is 5.69 Å². The van der Waals surface area contributed by atoms with Crippen LogP contribution in [-0.4, -0.2) is 36.9 Å². The lowest BCUT2D eigenvalue weighted by atomic mass is 10.2. The zero-order valence-corrected chi connectivity index (χ0v) is 16.7. The van der Waals surface area contributed by atoms with Crippen molar-refractivity contribution in [1.82, 2.24) is 4.57 Å². The fourth-order valence-electron chi connectivity index (χ4n) is 2.42. The summed E-state index contributed by atoms with van der Waals surface area (Å²) in [5.41, 5.74) is 7.52. The van der Waals surface area contributed by atoms with Crippen molar-refractivity contribution in [2.45, 2.75) is 32.4 Å². The van der Waals surface area contributed by atoms with E-state index in [9.17, 15) is 13.2 Å². The predicted molar refractivity (Wildman–Crippen MR) is 108 cm³/mol. The van der Waals surface area contributed by atoms with Crippen LogP contribution in [0.3, 0.4) is 0 Å². The molecule has 0 bridgehead atoms. The van der Waals surface area contributed by atoms with Crippen molar-refractivity contribution >= 4 is 57.1 Å². The van der Waals surface area contributed by atoms with Crippen molar-refractivity contribution in [3.8, 4) is 0 Å². The Morgan fingerprint density at radius 3 is 2.56 bits per heavy atom. The third-order valence-corrected chi connectivity index (χ3v) is 4.62. The molecule has 0 fully saturated rings. The average Bonchev–Trinajstić information content (AvgIpc) is 2.87. The maximum atomic E-state index is 12.0. The highest BCUT2D eigenvalue weighted by Crippen LogP contribution is 2.21. The minimum absolute atomic E-state index is 0. The van der Waals surface area contributed by atoms with Crippen molar-refractivity contribution < 1.29 is 13.2 Å². The van der Waals surface area contributed by atoms with E-state index in [4.69, 9.17) is 5.73 Å². The van der Waals surface area contributed by atoms with Crippen LogP contribution in [0.15, 0.2) is 30.5 Å². The molecule has 0 spiro atoms. The second-order valence-corrected chi connectivity index (χ2v) is 8.06. The summed E-state index contributed by atoms with van der Waals surface area (Å²) in [6.07, 6.45) is 4.32.